The number of benzene rings is 1. The van der Waals surface area contributed by atoms with Gasteiger partial charge in [-0.3, -0.25) is 14.5 Å². The molecule has 6 nitrogen and oxygen atoms in total. The molecule has 9 heteroatoms. The van der Waals surface area contributed by atoms with Gasteiger partial charge in [-0.1, -0.05) is 0 Å². The van der Waals surface area contributed by atoms with Crippen molar-refractivity contribution in [3.8, 4) is 11.3 Å². The summed E-state index contributed by atoms with van der Waals surface area (Å²) in [6.07, 6.45) is 1.58. The van der Waals surface area contributed by atoms with Crippen LogP contribution in [0.25, 0.3) is 11.3 Å². The summed E-state index contributed by atoms with van der Waals surface area (Å²) in [6.45, 7) is 5.10. The van der Waals surface area contributed by atoms with Crippen LogP contribution in [0.5, 0.6) is 0 Å². The summed E-state index contributed by atoms with van der Waals surface area (Å²) in [5, 5.41) is 4.81. The molecule has 2 aromatic rings. The fourth-order valence-corrected chi connectivity index (χ4v) is 4.03. The van der Waals surface area contributed by atoms with Crippen LogP contribution in [0, 0.1) is 17.6 Å². The Bertz CT molecular complexity index is 890. The molecule has 1 aromatic heterocycles. The van der Waals surface area contributed by atoms with Gasteiger partial charge in [-0.2, -0.15) is 0 Å². The zero-order chi connectivity index (χ0) is 21.0. The molecule has 1 aliphatic rings. The second-order valence-electron chi connectivity index (χ2n) is 6.92. The number of piperidine rings is 1. The minimum Gasteiger partial charge on any atom is -0.466 e. The van der Waals surface area contributed by atoms with E-state index < -0.39 is 17.7 Å². The van der Waals surface area contributed by atoms with Gasteiger partial charge >= 0.3 is 5.97 Å². The second kappa shape index (κ2) is 9.41. The minimum atomic E-state index is -0.948. The maximum Gasteiger partial charge on any atom is 0.310 e. The lowest BCUT2D eigenvalue weighted by Crippen LogP contribution is -2.48. The molecule has 1 aromatic carbocycles. The van der Waals surface area contributed by atoms with Gasteiger partial charge in [0.25, 0.3) is 0 Å². The zero-order valence-electron chi connectivity index (χ0n) is 16.3. The Balaban J connectivity index is 1.62. The first-order chi connectivity index (χ1) is 13.9. The standard InChI is InChI=1S/C20H23F2N3O3S/c1-3-28-19(27)14-5-4-8-25(10-14)12(2)18(26)24-20-23-17(11-29-20)13-6-7-15(21)16(22)9-13/h6-7,9,11-12,14H,3-5,8,10H2,1-2H3,(H,23,24,26)/t12-,14-/m0/s1. The summed E-state index contributed by atoms with van der Waals surface area (Å²) >= 11 is 1.21. The van der Waals surface area contributed by atoms with E-state index in [1.165, 1.54) is 17.4 Å². The molecular weight excluding hydrogens is 400 g/mol. The summed E-state index contributed by atoms with van der Waals surface area (Å²) in [6, 6.07) is 3.11. The number of hydrogen-bond donors (Lipinski definition) is 1. The van der Waals surface area contributed by atoms with Crippen molar-refractivity contribution < 1.29 is 23.1 Å². The maximum atomic E-state index is 13.4. The van der Waals surface area contributed by atoms with E-state index in [9.17, 15) is 18.4 Å². The number of ether oxygens (including phenoxy) is 1. The van der Waals surface area contributed by atoms with Crippen LogP contribution in [-0.2, 0) is 14.3 Å². The molecule has 1 N–H and O–H groups in total. The van der Waals surface area contributed by atoms with Crippen LogP contribution in [-0.4, -0.2) is 47.5 Å². The first kappa shape index (κ1) is 21.3. The summed E-state index contributed by atoms with van der Waals surface area (Å²) in [7, 11) is 0. The number of rotatable bonds is 6. The van der Waals surface area contributed by atoms with Crippen LogP contribution in [0.2, 0.25) is 0 Å². The van der Waals surface area contributed by atoms with Crippen molar-refractivity contribution in [2.45, 2.75) is 32.7 Å². The van der Waals surface area contributed by atoms with Crippen molar-refractivity contribution in [3.05, 3.63) is 35.2 Å². The number of halogens is 2. The Morgan fingerprint density at radius 2 is 2.17 bits per heavy atom. The smallest absolute Gasteiger partial charge is 0.310 e. The highest BCUT2D eigenvalue weighted by Gasteiger charge is 2.31. The van der Waals surface area contributed by atoms with E-state index in [2.05, 4.69) is 10.3 Å². The van der Waals surface area contributed by atoms with E-state index >= 15 is 0 Å². The lowest BCUT2D eigenvalue weighted by atomic mass is 9.97. The molecule has 1 fully saturated rings. The summed E-state index contributed by atoms with van der Waals surface area (Å²) in [5.41, 5.74) is 0.888. The highest BCUT2D eigenvalue weighted by Crippen LogP contribution is 2.27. The van der Waals surface area contributed by atoms with E-state index in [1.54, 1.807) is 19.2 Å². The lowest BCUT2D eigenvalue weighted by molar-refractivity contribution is -0.150. The highest BCUT2D eigenvalue weighted by atomic mass is 32.1. The van der Waals surface area contributed by atoms with Gasteiger partial charge in [0.05, 0.1) is 24.3 Å². The van der Waals surface area contributed by atoms with Crippen molar-refractivity contribution in [1.29, 1.82) is 0 Å². The number of hydrogen-bond acceptors (Lipinski definition) is 6. The minimum absolute atomic E-state index is 0.221. The first-order valence-electron chi connectivity index (χ1n) is 9.51. The Kier molecular flexibility index (Phi) is 6.92. The lowest BCUT2D eigenvalue weighted by Gasteiger charge is -2.34. The first-order valence-corrected chi connectivity index (χ1v) is 10.4. The Morgan fingerprint density at radius 3 is 2.90 bits per heavy atom. The zero-order valence-corrected chi connectivity index (χ0v) is 17.1. The number of likely N-dealkylation sites (tertiary alicyclic amines) is 1. The van der Waals surface area contributed by atoms with Crippen molar-refractivity contribution in [1.82, 2.24) is 9.88 Å². The van der Waals surface area contributed by atoms with Gasteiger partial charge in [-0.05, 0) is 51.4 Å². The normalized spacial score (nSPS) is 18.3. The predicted molar refractivity (Wildman–Crippen MR) is 106 cm³/mol. The average molecular weight is 423 g/mol. The molecule has 0 aliphatic carbocycles. The van der Waals surface area contributed by atoms with Gasteiger partial charge in [0.1, 0.15) is 0 Å². The molecule has 0 bridgehead atoms. The van der Waals surface area contributed by atoms with E-state index in [1.807, 2.05) is 4.90 Å². The fraction of sp³-hybridized carbons (Fsp3) is 0.450. The molecule has 2 heterocycles. The number of aromatic nitrogens is 1. The van der Waals surface area contributed by atoms with Gasteiger partial charge in [0, 0.05) is 17.5 Å². The number of amides is 1. The number of anilines is 1. The van der Waals surface area contributed by atoms with Gasteiger partial charge in [-0.25, -0.2) is 13.8 Å². The van der Waals surface area contributed by atoms with E-state index in [-0.39, 0.29) is 17.8 Å². The third kappa shape index (κ3) is 5.16. The van der Waals surface area contributed by atoms with E-state index in [0.29, 0.717) is 29.5 Å². The van der Waals surface area contributed by atoms with Gasteiger partial charge in [0.2, 0.25) is 5.91 Å². The third-order valence-corrected chi connectivity index (χ3v) is 5.71. The number of nitrogens with one attached hydrogen (secondary N) is 1. The van der Waals surface area contributed by atoms with Crippen molar-refractivity contribution >= 4 is 28.3 Å². The molecular formula is C20H23F2N3O3S. The summed E-state index contributed by atoms with van der Waals surface area (Å²) < 4.78 is 31.6. The number of esters is 1. The molecule has 0 radical (unpaired) electrons. The number of carbonyl (C=O) groups excluding carboxylic acids is 2. The average Bonchev–Trinajstić information content (AvgIpc) is 3.18. The van der Waals surface area contributed by atoms with Crippen molar-refractivity contribution in [2.75, 3.05) is 25.0 Å². The van der Waals surface area contributed by atoms with Crippen LogP contribution in [0.1, 0.15) is 26.7 Å². The molecule has 1 aliphatic heterocycles. The Morgan fingerprint density at radius 1 is 1.38 bits per heavy atom. The highest BCUT2D eigenvalue weighted by molar-refractivity contribution is 7.14. The molecule has 1 amide bonds. The number of nitrogens with zero attached hydrogens (tertiary/aromatic N) is 2. The summed E-state index contributed by atoms with van der Waals surface area (Å²) in [4.78, 5) is 30.9. The molecule has 3 rings (SSSR count). The second-order valence-corrected chi connectivity index (χ2v) is 7.78. The molecule has 0 spiro atoms. The molecule has 2 atom stereocenters. The molecule has 156 valence electrons. The largest absolute Gasteiger partial charge is 0.466 e. The van der Waals surface area contributed by atoms with Crippen molar-refractivity contribution in [3.63, 3.8) is 0 Å². The SMILES string of the molecule is CCOC(=O)[C@H]1CCCN([C@@H](C)C(=O)Nc2nc(-c3ccc(F)c(F)c3)cs2)C1. The molecule has 29 heavy (non-hydrogen) atoms. The Hall–Kier alpha value is -2.39. The maximum absolute atomic E-state index is 13.4. The Labute approximate surface area is 171 Å². The van der Waals surface area contributed by atoms with E-state index in [0.717, 1.165) is 31.5 Å². The van der Waals surface area contributed by atoms with Crippen LogP contribution < -0.4 is 5.32 Å². The predicted octanol–water partition coefficient (Wildman–Crippen LogP) is 3.69. The summed E-state index contributed by atoms with van der Waals surface area (Å²) in [5.74, 6) is -2.55. The number of carbonyl (C=O) groups is 2. The quantitative estimate of drug-likeness (QED) is 0.718. The van der Waals surface area contributed by atoms with E-state index in [4.69, 9.17) is 4.74 Å². The van der Waals surface area contributed by atoms with Gasteiger partial charge < -0.3 is 10.1 Å². The van der Waals surface area contributed by atoms with Crippen molar-refractivity contribution in [2.24, 2.45) is 5.92 Å². The van der Waals surface area contributed by atoms with Crippen LogP contribution in [0.4, 0.5) is 13.9 Å². The number of thiazole rings is 1. The fourth-order valence-electron chi connectivity index (χ4n) is 3.31. The van der Waals surface area contributed by atoms with Crippen LogP contribution >= 0.6 is 11.3 Å². The third-order valence-electron chi connectivity index (χ3n) is 4.95. The van der Waals surface area contributed by atoms with Gasteiger partial charge in [-0.15, -0.1) is 11.3 Å². The van der Waals surface area contributed by atoms with Crippen LogP contribution in [0.15, 0.2) is 23.6 Å². The molecule has 0 unspecified atom stereocenters. The van der Waals surface area contributed by atoms with Gasteiger partial charge in [0.15, 0.2) is 16.8 Å². The molecule has 0 saturated carbocycles. The monoisotopic (exact) mass is 423 g/mol. The van der Waals surface area contributed by atoms with Crippen LogP contribution in [0.3, 0.4) is 0 Å². The topological polar surface area (TPSA) is 71.5 Å². The molecule has 1 saturated heterocycles.